The predicted molar refractivity (Wildman–Crippen MR) is 86.8 cm³/mol. The predicted octanol–water partition coefficient (Wildman–Crippen LogP) is 4.78. The number of nitrogens with one attached hydrogen (secondary N) is 1. The number of halogens is 1. The molecule has 2 atom stereocenters. The first-order valence-corrected chi connectivity index (χ1v) is 8.03. The molecule has 0 aliphatic rings. The molecule has 2 N–H and O–H groups in total. The minimum atomic E-state index is 0.322. The van der Waals surface area contributed by atoms with E-state index in [1.807, 2.05) is 18.2 Å². The van der Waals surface area contributed by atoms with Gasteiger partial charge >= 0.3 is 0 Å². The van der Waals surface area contributed by atoms with Gasteiger partial charge < -0.3 is 10.4 Å². The fraction of sp³-hybridized carbons (Fsp3) is 0.375. The zero-order valence-electron chi connectivity index (χ0n) is 11.8. The number of rotatable bonds is 6. The van der Waals surface area contributed by atoms with Crippen molar-refractivity contribution in [2.75, 3.05) is 0 Å². The van der Waals surface area contributed by atoms with Crippen LogP contribution in [-0.2, 0) is 6.42 Å². The van der Waals surface area contributed by atoms with E-state index in [0.717, 1.165) is 17.2 Å². The summed E-state index contributed by atoms with van der Waals surface area (Å²) in [4.78, 5) is 1.27. The Bertz CT molecular complexity index is 538. The smallest absolute Gasteiger partial charge is 0.115 e. The molecule has 0 saturated heterocycles. The number of phenolic OH excluding ortho intramolecular Hbond substituents is 1. The van der Waals surface area contributed by atoms with E-state index >= 15 is 0 Å². The molecule has 4 heteroatoms. The Labute approximate surface area is 129 Å². The van der Waals surface area contributed by atoms with Crippen LogP contribution >= 0.6 is 22.9 Å². The third-order valence-corrected chi connectivity index (χ3v) is 4.77. The molecule has 2 rings (SSSR count). The van der Waals surface area contributed by atoms with Gasteiger partial charge in [0.25, 0.3) is 0 Å². The van der Waals surface area contributed by atoms with Crippen molar-refractivity contribution in [2.24, 2.45) is 0 Å². The van der Waals surface area contributed by atoms with E-state index in [0.29, 0.717) is 17.8 Å². The Morgan fingerprint density at radius 3 is 2.45 bits per heavy atom. The molecule has 0 radical (unpaired) electrons. The molecule has 20 heavy (non-hydrogen) atoms. The lowest BCUT2D eigenvalue weighted by atomic mass is 10.1. The maximum atomic E-state index is 9.26. The third-order valence-electron chi connectivity index (χ3n) is 3.36. The number of hydrogen-bond acceptors (Lipinski definition) is 3. The second-order valence-corrected chi connectivity index (χ2v) is 6.88. The highest BCUT2D eigenvalue weighted by Gasteiger charge is 2.11. The van der Waals surface area contributed by atoms with Crippen LogP contribution in [-0.4, -0.2) is 11.1 Å². The molecule has 2 unspecified atom stereocenters. The summed E-state index contributed by atoms with van der Waals surface area (Å²) in [6.45, 7) is 4.37. The van der Waals surface area contributed by atoms with Crippen LogP contribution in [0.1, 0.15) is 36.8 Å². The Balaban J connectivity index is 1.80. The molecular formula is C16H20ClNOS. The number of aryl methyl sites for hydroxylation is 1. The average molecular weight is 310 g/mol. The summed E-state index contributed by atoms with van der Waals surface area (Å²) in [5, 5.41) is 12.9. The Morgan fingerprint density at radius 1 is 1.15 bits per heavy atom. The van der Waals surface area contributed by atoms with Crippen LogP contribution in [0.25, 0.3) is 0 Å². The molecule has 0 aliphatic carbocycles. The number of aromatic hydroxyl groups is 1. The first kappa shape index (κ1) is 15.4. The first-order valence-electron chi connectivity index (χ1n) is 6.84. The quantitative estimate of drug-likeness (QED) is 0.805. The van der Waals surface area contributed by atoms with Crippen molar-refractivity contribution in [3.8, 4) is 5.75 Å². The van der Waals surface area contributed by atoms with Crippen molar-refractivity contribution >= 4 is 22.9 Å². The van der Waals surface area contributed by atoms with Crippen molar-refractivity contribution in [2.45, 2.75) is 38.8 Å². The molecule has 2 aromatic rings. The fourth-order valence-corrected chi connectivity index (χ4v) is 3.27. The third kappa shape index (κ3) is 4.51. The van der Waals surface area contributed by atoms with Gasteiger partial charge in [0.05, 0.1) is 4.34 Å². The Kier molecular flexibility index (Phi) is 5.46. The van der Waals surface area contributed by atoms with Crippen molar-refractivity contribution in [3.63, 3.8) is 0 Å². The number of thiophene rings is 1. The topological polar surface area (TPSA) is 32.3 Å². The molecule has 0 amide bonds. The molecule has 1 aromatic heterocycles. The van der Waals surface area contributed by atoms with E-state index in [1.165, 1.54) is 10.4 Å². The summed E-state index contributed by atoms with van der Waals surface area (Å²) >= 11 is 7.59. The van der Waals surface area contributed by atoms with Crippen molar-refractivity contribution in [1.29, 1.82) is 0 Å². The zero-order chi connectivity index (χ0) is 14.5. The van der Waals surface area contributed by atoms with Crippen LogP contribution in [0.2, 0.25) is 4.34 Å². The minimum Gasteiger partial charge on any atom is -0.508 e. The highest BCUT2D eigenvalue weighted by atomic mass is 35.5. The highest BCUT2D eigenvalue weighted by Crippen LogP contribution is 2.27. The summed E-state index contributed by atoms with van der Waals surface area (Å²) in [7, 11) is 0. The number of benzene rings is 1. The first-order chi connectivity index (χ1) is 9.54. The number of hydrogen-bond donors (Lipinski definition) is 2. The molecule has 1 heterocycles. The zero-order valence-corrected chi connectivity index (χ0v) is 13.3. The standard InChI is InChI=1S/C16H20ClNOS/c1-11(3-4-13-5-7-14(19)8-6-13)18-12(2)15-9-10-16(17)20-15/h5-12,18-19H,3-4H2,1-2H3. The fourth-order valence-electron chi connectivity index (χ4n) is 2.20. The van der Waals surface area contributed by atoms with Gasteiger partial charge in [-0.2, -0.15) is 0 Å². The van der Waals surface area contributed by atoms with Gasteiger partial charge in [0.2, 0.25) is 0 Å². The van der Waals surface area contributed by atoms with Crippen LogP contribution in [0.5, 0.6) is 5.75 Å². The average Bonchev–Trinajstić information content (AvgIpc) is 2.85. The van der Waals surface area contributed by atoms with Crippen LogP contribution < -0.4 is 5.32 Å². The van der Waals surface area contributed by atoms with Crippen LogP contribution in [0, 0.1) is 0 Å². The van der Waals surface area contributed by atoms with Crippen molar-refractivity contribution in [1.82, 2.24) is 5.32 Å². The molecule has 108 valence electrons. The molecule has 0 fully saturated rings. The Morgan fingerprint density at radius 2 is 1.85 bits per heavy atom. The molecule has 2 nitrogen and oxygen atoms in total. The monoisotopic (exact) mass is 309 g/mol. The lowest BCUT2D eigenvalue weighted by molar-refractivity contribution is 0.459. The largest absolute Gasteiger partial charge is 0.508 e. The lowest BCUT2D eigenvalue weighted by Gasteiger charge is -2.19. The summed E-state index contributed by atoms with van der Waals surface area (Å²) in [6, 6.07) is 12.2. The van der Waals surface area contributed by atoms with E-state index in [1.54, 1.807) is 23.5 Å². The van der Waals surface area contributed by atoms with Gasteiger partial charge in [-0.3, -0.25) is 0 Å². The minimum absolute atomic E-state index is 0.322. The summed E-state index contributed by atoms with van der Waals surface area (Å²) in [5.74, 6) is 0.322. The van der Waals surface area contributed by atoms with Gasteiger partial charge in [-0.15, -0.1) is 11.3 Å². The van der Waals surface area contributed by atoms with E-state index < -0.39 is 0 Å². The van der Waals surface area contributed by atoms with E-state index in [2.05, 4.69) is 25.2 Å². The number of phenols is 1. The lowest BCUT2D eigenvalue weighted by Crippen LogP contribution is -2.28. The second-order valence-electron chi connectivity index (χ2n) is 5.14. The SMILES string of the molecule is CC(CCc1ccc(O)cc1)NC(C)c1ccc(Cl)s1. The molecule has 0 spiro atoms. The van der Waals surface area contributed by atoms with Crippen LogP contribution in [0.3, 0.4) is 0 Å². The molecule has 0 aliphatic heterocycles. The molecule has 1 aromatic carbocycles. The van der Waals surface area contributed by atoms with Crippen molar-refractivity contribution in [3.05, 3.63) is 51.2 Å². The van der Waals surface area contributed by atoms with Gasteiger partial charge in [-0.05, 0) is 56.5 Å². The van der Waals surface area contributed by atoms with Gasteiger partial charge in [0.15, 0.2) is 0 Å². The van der Waals surface area contributed by atoms with Gasteiger partial charge in [-0.1, -0.05) is 23.7 Å². The van der Waals surface area contributed by atoms with E-state index in [-0.39, 0.29) is 0 Å². The van der Waals surface area contributed by atoms with Crippen molar-refractivity contribution < 1.29 is 5.11 Å². The van der Waals surface area contributed by atoms with Crippen LogP contribution in [0.15, 0.2) is 36.4 Å². The molecule has 0 saturated carbocycles. The maximum absolute atomic E-state index is 9.26. The van der Waals surface area contributed by atoms with Gasteiger partial charge in [-0.25, -0.2) is 0 Å². The summed E-state index contributed by atoms with van der Waals surface area (Å²) in [5.41, 5.74) is 1.25. The summed E-state index contributed by atoms with van der Waals surface area (Å²) in [6.07, 6.45) is 2.07. The van der Waals surface area contributed by atoms with Gasteiger partial charge in [0.1, 0.15) is 5.75 Å². The normalized spacial score (nSPS) is 14.2. The maximum Gasteiger partial charge on any atom is 0.115 e. The highest BCUT2D eigenvalue weighted by molar-refractivity contribution is 7.16. The van der Waals surface area contributed by atoms with Gasteiger partial charge in [0, 0.05) is 17.0 Å². The van der Waals surface area contributed by atoms with E-state index in [9.17, 15) is 5.11 Å². The Hall–Kier alpha value is -1.03. The molecular weight excluding hydrogens is 290 g/mol. The second kappa shape index (κ2) is 7.11. The molecule has 0 bridgehead atoms. The van der Waals surface area contributed by atoms with E-state index in [4.69, 9.17) is 11.6 Å². The van der Waals surface area contributed by atoms with Crippen LogP contribution in [0.4, 0.5) is 0 Å². The summed E-state index contributed by atoms with van der Waals surface area (Å²) < 4.78 is 0.838.